The van der Waals surface area contributed by atoms with Crippen molar-refractivity contribution < 1.29 is 27.8 Å². The second-order valence-corrected chi connectivity index (χ2v) is 3.10. The molecule has 1 aromatic carbocycles. The minimum Gasteiger partial charge on any atom is -0.478 e. The Morgan fingerprint density at radius 3 is 2.47 bits per heavy atom. The largest absolute Gasteiger partial charge is 0.573 e. The summed E-state index contributed by atoms with van der Waals surface area (Å²) in [6.45, 7) is 1.42. The van der Waals surface area contributed by atoms with Gasteiger partial charge in [0.1, 0.15) is 17.4 Å². The Hall–Kier alpha value is -2.23. The van der Waals surface area contributed by atoms with Crippen molar-refractivity contribution in [3.63, 3.8) is 0 Å². The fourth-order valence-electron chi connectivity index (χ4n) is 1.25. The highest BCUT2D eigenvalue weighted by molar-refractivity contribution is 5.94. The molecule has 0 unspecified atom stereocenters. The van der Waals surface area contributed by atoms with E-state index in [1.165, 1.54) is 13.0 Å². The van der Waals surface area contributed by atoms with Crippen LogP contribution in [0.5, 0.6) is 5.75 Å². The fourth-order valence-corrected chi connectivity index (χ4v) is 1.25. The van der Waals surface area contributed by atoms with E-state index in [0.29, 0.717) is 0 Å². The van der Waals surface area contributed by atoms with Gasteiger partial charge in [0.25, 0.3) is 0 Å². The molecule has 0 saturated carbocycles. The van der Waals surface area contributed by atoms with Crippen LogP contribution in [0.1, 0.15) is 21.5 Å². The molecule has 0 radical (unpaired) electrons. The summed E-state index contributed by atoms with van der Waals surface area (Å²) >= 11 is 0. The number of aromatic carboxylic acids is 1. The van der Waals surface area contributed by atoms with E-state index in [2.05, 4.69) is 4.74 Å². The molecule has 0 fully saturated rings. The summed E-state index contributed by atoms with van der Waals surface area (Å²) < 4.78 is 39.6. The third kappa shape index (κ3) is 2.87. The lowest BCUT2D eigenvalue weighted by atomic mass is 10.0. The minimum absolute atomic E-state index is 0.263. The molecule has 90 valence electrons. The van der Waals surface area contributed by atoms with Gasteiger partial charge in [-0.1, -0.05) is 6.07 Å². The fraction of sp³-hybridized carbons (Fsp3) is 0.200. The van der Waals surface area contributed by atoms with Crippen LogP contribution < -0.4 is 4.74 Å². The molecule has 7 heteroatoms. The summed E-state index contributed by atoms with van der Waals surface area (Å²) in [7, 11) is 0. The maximum atomic E-state index is 12.0. The average molecular weight is 245 g/mol. The Morgan fingerprint density at radius 2 is 2.06 bits per heavy atom. The van der Waals surface area contributed by atoms with Gasteiger partial charge in [0.2, 0.25) is 0 Å². The summed E-state index contributed by atoms with van der Waals surface area (Å²) in [6.07, 6.45) is -5.01. The Morgan fingerprint density at radius 1 is 1.47 bits per heavy atom. The van der Waals surface area contributed by atoms with Crippen LogP contribution in [0.4, 0.5) is 13.2 Å². The monoisotopic (exact) mass is 245 g/mol. The number of nitrogens with zero attached hydrogens (tertiary/aromatic N) is 1. The molecule has 17 heavy (non-hydrogen) atoms. The highest BCUT2D eigenvalue weighted by Crippen LogP contribution is 2.30. The van der Waals surface area contributed by atoms with Crippen molar-refractivity contribution in [3.8, 4) is 11.8 Å². The smallest absolute Gasteiger partial charge is 0.478 e. The van der Waals surface area contributed by atoms with Gasteiger partial charge >= 0.3 is 12.3 Å². The standard InChI is InChI=1S/C10H6F3NO3/c1-5-2-3-7(17-10(11,12)13)8(9(15)16)6(5)4-14/h2-3H,1H3,(H,15,16). The molecule has 0 heterocycles. The van der Waals surface area contributed by atoms with Crippen LogP contribution in [0.3, 0.4) is 0 Å². The highest BCUT2D eigenvalue weighted by atomic mass is 19.4. The van der Waals surface area contributed by atoms with E-state index in [0.717, 1.165) is 6.07 Å². The minimum atomic E-state index is -5.01. The van der Waals surface area contributed by atoms with Crippen molar-refractivity contribution in [3.05, 3.63) is 28.8 Å². The van der Waals surface area contributed by atoms with Gasteiger partial charge in [0.05, 0.1) is 5.56 Å². The molecule has 0 aliphatic rings. The van der Waals surface area contributed by atoms with Gasteiger partial charge in [-0.25, -0.2) is 4.79 Å². The van der Waals surface area contributed by atoms with Gasteiger partial charge in [-0.15, -0.1) is 13.2 Å². The van der Waals surface area contributed by atoms with Crippen LogP contribution in [0.2, 0.25) is 0 Å². The first-order chi connectivity index (χ1) is 7.76. The SMILES string of the molecule is Cc1ccc(OC(F)(F)F)c(C(=O)O)c1C#N. The van der Waals surface area contributed by atoms with Gasteiger partial charge in [0, 0.05) is 0 Å². The van der Waals surface area contributed by atoms with Gasteiger partial charge in [-0.3, -0.25) is 0 Å². The van der Waals surface area contributed by atoms with E-state index in [9.17, 15) is 18.0 Å². The molecule has 4 nitrogen and oxygen atoms in total. The van der Waals surface area contributed by atoms with E-state index < -0.39 is 23.6 Å². The number of halogens is 3. The average Bonchev–Trinajstić information content (AvgIpc) is 2.17. The lowest BCUT2D eigenvalue weighted by Crippen LogP contribution is -2.19. The second-order valence-electron chi connectivity index (χ2n) is 3.10. The molecule has 0 aliphatic carbocycles. The van der Waals surface area contributed by atoms with Crippen molar-refractivity contribution in [1.82, 2.24) is 0 Å². The van der Waals surface area contributed by atoms with Crippen molar-refractivity contribution in [2.45, 2.75) is 13.3 Å². The molecule has 0 aromatic heterocycles. The highest BCUT2D eigenvalue weighted by Gasteiger charge is 2.34. The van der Waals surface area contributed by atoms with Crippen molar-refractivity contribution in [2.24, 2.45) is 0 Å². The van der Waals surface area contributed by atoms with Crippen LogP contribution in [0, 0.1) is 18.3 Å². The number of ether oxygens (including phenoxy) is 1. The number of rotatable bonds is 2. The Bertz CT molecular complexity index is 503. The Balaban J connectivity index is 3.42. The number of carboxylic acid groups (broad SMARTS) is 1. The molecule has 0 aliphatic heterocycles. The lowest BCUT2D eigenvalue weighted by molar-refractivity contribution is -0.274. The molecular weight excluding hydrogens is 239 g/mol. The maximum absolute atomic E-state index is 12.0. The molecule has 1 aromatic rings. The zero-order valence-corrected chi connectivity index (χ0v) is 8.50. The molecule has 0 atom stereocenters. The predicted octanol–water partition coefficient (Wildman–Crippen LogP) is 2.46. The van der Waals surface area contributed by atoms with Gasteiger partial charge in [0.15, 0.2) is 0 Å². The molecule has 1 rings (SSSR count). The Labute approximate surface area is 93.8 Å². The van der Waals surface area contributed by atoms with Gasteiger partial charge in [-0.05, 0) is 18.6 Å². The summed E-state index contributed by atoms with van der Waals surface area (Å²) in [5, 5.41) is 17.5. The predicted molar refractivity (Wildman–Crippen MR) is 49.5 cm³/mol. The number of carbonyl (C=O) groups is 1. The molecule has 0 saturated heterocycles. The normalized spacial score (nSPS) is 10.8. The molecule has 0 bridgehead atoms. The topological polar surface area (TPSA) is 70.3 Å². The number of alkyl halides is 3. The first-order valence-electron chi connectivity index (χ1n) is 4.29. The quantitative estimate of drug-likeness (QED) is 0.868. The Kier molecular flexibility index (Phi) is 3.27. The number of hydrogen-bond donors (Lipinski definition) is 1. The first-order valence-corrected chi connectivity index (χ1v) is 4.29. The number of hydrogen-bond acceptors (Lipinski definition) is 3. The summed E-state index contributed by atoms with van der Waals surface area (Å²) in [4.78, 5) is 10.8. The zero-order valence-electron chi connectivity index (χ0n) is 8.50. The third-order valence-electron chi connectivity index (χ3n) is 1.93. The maximum Gasteiger partial charge on any atom is 0.573 e. The van der Waals surface area contributed by atoms with E-state index in [1.807, 2.05) is 0 Å². The van der Waals surface area contributed by atoms with Crippen LogP contribution in [0.15, 0.2) is 12.1 Å². The van der Waals surface area contributed by atoms with E-state index in [1.54, 1.807) is 6.07 Å². The van der Waals surface area contributed by atoms with Gasteiger partial charge < -0.3 is 9.84 Å². The number of aryl methyl sites for hydroxylation is 1. The molecule has 0 amide bonds. The third-order valence-corrected chi connectivity index (χ3v) is 1.93. The number of benzene rings is 1. The van der Waals surface area contributed by atoms with Crippen LogP contribution in [-0.4, -0.2) is 17.4 Å². The van der Waals surface area contributed by atoms with E-state index in [-0.39, 0.29) is 11.1 Å². The number of carboxylic acids is 1. The van der Waals surface area contributed by atoms with Crippen LogP contribution in [0.25, 0.3) is 0 Å². The van der Waals surface area contributed by atoms with Crippen LogP contribution >= 0.6 is 0 Å². The summed E-state index contributed by atoms with van der Waals surface area (Å²) in [5.74, 6) is -2.54. The zero-order chi connectivity index (χ0) is 13.2. The van der Waals surface area contributed by atoms with Crippen molar-refractivity contribution in [1.29, 1.82) is 5.26 Å². The first kappa shape index (κ1) is 12.8. The van der Waals surface area contributed by atoms with Crippen molar-refractivity contribution >= 4 is 5.97 Å². The molecule has 0 spiro atoms. The molecular formula is C10H6F3NO3. The van der Waals surface area contributed by atoms with Gasteiger partial charge in [-0.2, -0.15) is 5.26 Å². The summed E-state index contributed by atoms with van der Waals surface area (Å²) in [5.41, 5.74) is -0.872. The number of nitriles is 1. The van der Waals surface area contributed by atoms with E-state index in [4.69, 9.17) is 10.4 Å². The van der Waals surface area contributed by atoms with E-state index >= 15 is 0 Å². The lowest BCUT2D eigenvalue weighted by Gasteiger charge is -2.13. The van der Waals surface area contributed by atoms with Crippen LogP contribution in [-0.2, 0) is 0 Å². The summed E-state index contributed by atoms with van der Waals surface area (Å²) in [6, 6.07) is 3.60. The second kappa shape index (κ2) is 4.33. The molecule has 1 N–H and O–H groups in total. The van der Waals surface area contributed by atoms with Crippen molar-refractivity contribution in [2.75, 3.05) is 0 Å².